The van der Waals surface area contributed by atoms with E-state index in [0.717, 1.165) is 16.0 Å². The Labute approximate surface area is 224 Å². The highest BCUT2D eigenvalue weighted by atomic mass is 16.5. The molecule has 6 rings (SSSR count). The lowest BCUT2D eigenvalue weighted by atomic mass is 9.83. The van der Waals surface area contributed by atoms with E-state index in [0.29, 0.717) is 22.7 Å². The molecule has 2 N–H and O–H groups in total. The first-order valence-corrected chi connectivity index (χ1v) is 12.4. The van der Waals surface area contributed by atoms with Gasteiger partial charge < -0.3 is 20.1 Å². The number of methoxy groups -OCH3 is 2. The van der Waals surface area contributed by atoms with Gasteiger partial charge in [0.25, 0.3) is 0 Å². The molecule has 0 aliphatic carbocycles. The van der Waals surface area contributed by atoms with Crippen molar-refractivity contribution >= 4 is 35.3 Å². The maximum absolute atomic E-state index is 14.1. The molecule has 39 heavy (non-hydrogen) atoms. The molecule has 3 aromatic rings. The largest absolute Gasteiger partial charge is 0.493 e. The van der Waals surface area contributed by atoms with E-state index in [9.17, 15) is 19.2 Å². The third-order valence-electron chi connectivity index (χ3n) is 7.81. The number of fused-ring (bicyclic) bond motifs is 5. The summed E-state index contributed by atoms with van der Waals surface area (Å²) in [7, 11) is 2.99. The Morgan fingerprint density at radius 2 is 1.49 bits per heavy atom. The highest BCUT2D eigenvalue weighted by Gasteiger charge is 2.64. The molecule has 3 heterocycles. The summed E-state index contributed by atoms with van der Waals surface area (Å²) in [6.45, 7) is 0. The minimum Gasteiger partial charge on any atom is -0.493 e. The normalized spacial score (nSPS) is 22.8. The molecule has 0 bridgehead atoms. The van der Waals surface area contributed by atoms with E-state index in [-0.39, 0.29) is 17.3 Å². The number of rotatable bonds is 6. The maximum Gasteiger partial charge on any atom is 0.248 e. The Kier molecular flexibility index (Phi) is 5.71. The van der Waals surface area contributed by atoms with Gasteiger partial charge in [0.15, 0.2) is 17.3 Å². The van der Waals surface area contributed by atoms with E-state index in [2.05, 4.69) is 0 Å². The number of anilines is 1. The summed E-state index contributed by atoms with van der Waals surface area (Å²) in [5.41, 5.74) is 8.10. The number of hydrogen-bond acceptors (Lipinski definition) is 7. The molecule has 0 aromatic heterocycles. The van der Waals surface area contributed by atoms with Crippen molar-refractivity contribution in [2.45, 2.75) is 12.1 Å². The average Bonchev–Trinajstić information content (AvgIpc) is 3.44. The first-order chi connectivity index (χ1) is 18.8. The van der Waals surface area contributed by atoms with Gasteiger partial charge in [0.2, 0.25) is 17.7 Å². The molecule has 9 heteroatoms. The van der Waals surface area contributed by atoms with Gasteiger partial charge in [-0.1, -0.05) is 24.3 Å². The van der Waals surface area contributed by atoms with Crippen LogP contribution in [0.4, 0.5) is 5.69 Å². The van der Waals surface area contributed by atoms with Gasteiger partial charge >= 0.3 is 0 Å². The zero-order chi connectivity index (χ0) is 27.4. The summed E-state index contributed by atoms with van der Waals surface area (Å²) >= 11 is 0. The first kappa shape index (κ1) is 24.4. The molecule has 3 aromatic carbocycles. The lowest BCUT2D eigenvalue weighted by molar-refractivity contribution is -0.123. The number of ketones is 1. The highest BCUT2D eigenvalue weighted by molar-refractivity contribution is 6.24. The van der Waals surface area contributed by atoms with Gasteiger partial charge in [-0.2, -0.15) is 0 Å². The van der Waals surface area contributed by atoms with Gasteiger partial charge in [-0.25, -0.2) is 4.90 Å². The molecule has 3 aliphatic heterocycles. The van der Waals surface area contributed by atoms with Crippen LogP contribution in [0.15, 0.2) is 72.9 Å². The van der Waals surface area contributed by atoms with Crippen molar-refractivity contribution in [1.29, 1.82) is 0 Å². The van der Waals surface area contributed by atoms with Crippen LogP contribution in [-0.4, -0.2) is 48.7 Å². The number of Topliss-reactive ketones (excluding diaryl/α,β-unsaturated/α-hetero) is 1. The molecule has 196 valence electrons. The van der Waals surface area contributed by atoms with E-state index in [1.807, 2.05) is 35.2 Å². The second kappa shape index (κ2) is 9.13. The summed E-state index contributed by atoms with van der Waals surface area (Å²) in [6.07, 6.45) is 3.71. The van der Waals surface area contributed by atoms with Gasteiger partial charge in [-0.3, -0.25) is 19.2 Å². The molecular formula is C30H25N3O6. The quantitative estimate of drug-likeness (QED) is 0.389. The maximum atomic E-state index is 14.1. The number of nitrogens with two attached hydrogens (primary N) is 1. The zero-order valence-electron chi connectivity index (χ0n) is 21.2. The molecule has 0 saturated carbocycles. The Morgan fingerprint density at radius 1 is 0.821 bits per heavy atom. The van der Waals surface area contributed by atoms with E-state index >= 15 is 0 Å². The Hall–Kier alpha value is -4.92. The fourth-order valence-electron chi connectivity index (χ4n) is 6.05. The number of benzene rings is 3. The molecule has 0 unspecified atom stereocenters. The first-order valence-electron chi connectivity index (χ1n) is 12.4. The molecule has 9 nitrogen and oxygen atoms in total. The van der Waals surface area contributed by atoms with Crippen LogP contribution in [-0.2, 0) is 9.59 Å². The Bertz CT molecular complexity index is 1560. The van der Waals surface area contributed by atoms with Crippen LogP contribution >= 0.6 is 0 Å². The fourth-order valence-corrected chi connectivity index (χ4v) is 6.05. The number of ether oxygens (including phenoxy) is 2. The predicted octanol–water partition coefficient (Wildman–Crippen LogP) is 3.20. The van der Waals surface area contributed by atoms with Crippen LogP contribution < -0.4 is 20.1 Å². The molecule has 0 spiro atoms. The number of carbonyl (C=O) groups excluding carboxylic acids is 4. The smallest absolute Gasteiger partial charge is 0.248 e. The summed E-state index contributed by atoms with van der Waals surface area (Å²) in [5.74, 6) is -2.61. The average molecular weight is 524 g/mol. The van der Waals surface area contributed by atoms with E-state index < -0.39 is 35.7 Å². The van der Waals surface area contributed by atoms with Crippen molar-refractivity contribution < 1.29 is 28.7 Å². The van der Waals surface area contributed by atoms with Crippen molar-refractivity contribution in [2.24, 2.45) is 17.6 Å². The van der Waals surface area contributed by atoms with Gasteiger partial charge in [-0.05, 0) is 59.7 Å². The minimum absolute atomic E-state index is 0.261. The number of hydrogen-bond donors (Lipinski definition) is 1. The fraction of sp³-hybridized carbons (Fsp3) is 0.200. The van der Waals surface area contributed by atoms with Crippen molar-refractivity contribution in [2.75, 3.05) is 19.1 Å². The third kappa shape index (κ3) is 3.61. The van der Waals surface area contributed by atoms with Crippen LogP contribution in [0.25, 0.3) is 6.08 Å². The standard InChI is InChI=1S/C30H25N3O6/c1-38-21-12-9-18(15-22(21)39-2)27(34)26-24-23(25-20-6-4-3-5-16(20)13-14-32(25)26)29(36)33(30(24)37)19-10-7-17(8-11-19)28(31)35/h3-15,23-26H,1-2H3,(H2,31,35)/t23-,24-,25-,26+/m1/s1. The number of imide groups is 1. The molecule has 2 saturated heterocycles. The van der Waals surface area contributed by atoms with Crippen molar-refractivity contribution in [3.63, 3.8) is 0 Å². The van der Waals surface area contributed by atoms with Crippen LogP contribution in [0.5, 0.6) is 11.5 Å². The second-order valence-corrected chi connectivity index (χ2v) is 9.69. The topological polar surface area (TPSA) is 119 Å². The summed E-state index contributed by atoms with van der Waals surface area (Å²) in [4.78, 5) is 56.6. The monoisotopic (exact) mass is 523 g/mol. The van der Waals surface area contributed by atoms with Gasteiger partial charge in [0, 0.05) is 17.3 Å². The molecule has 0 radical (unpaired) electrons. The Morgan fingerprint density at radius 3 is 2.18 bits per heavy atom. The highest BCUT2D eigenvalue weighted by Crippen LogP contribution is 2.53. The number of carbonyl (C=O) groups is 4. The van der Waals surface area contributed by atoms with Gasteiger partial charge in [0.1, 0.15) is 6.04 Å². The number of primary amides is 1. The van der Waals surface area contributed by atoms with Gasteiger partial charge in [0.05, 0.1) is 37.8 Å². The van der Waals surface area contributed by atoms with E-state index in [4.69, 9.17) is 15.2 Å². The SMILES string of the molecule is COc1ccc(C(=O)[C@@H]2[C@@H]3C(=O)N(c4ccc(C(N)=O)cc4)C(=O)[C@H]3[C@H]3c4ccccc4C=CN23)cc1OC. The molecule has 3 aliphatic rings. The van der Waals surface area contributed by atoms with E-state index in [1.165, 1.54) is 38.5 Å². The van der Waals surface area contributed by atoms with Crippen LogP contribution in [0.3, 0.4) is 0 Å². The number of amides is 3. The molecular weight excluding hydrogens is 498 g/mol. The molecule has 3 amide bonds. The summed E-state index contributed by atoms with van der Waals surface area (Å²) in [5, 5.41) is 0. The predicted molar refractivity (Wildman–Crippen MR) is 142 cm³/mol. The zero-order valence-corrected chi connectivity index (χ0v) is 21.2. The Balaban J connectivity index is 1.46. The molecule has 2 fully saturated rings. The van der Waals surface area contributed by atoms with Crippen LogP contribution in [0.1, 0.15) is 37.9 Å². The van der Waals surface area contributed by atoms with Crippen LogP contribution in [0, 0.1) is 11.8 Å². The summed E-state index contributed by atoms with van der Waals surface area (Å²) < 4.78 is 10.7. The lowest BCUT2D eigenvalue weighted by Crippen LogP contribution is -2.44. The lowest BCUT2D eigenvalue weighted by Gasteiger charge is -2.35. The third-order valence-corrected chi connectivity index (χ3v) is 7.81. The second-order valence-electron chi connectivity index (χ2n) is 9.69. The van der Waals surface area contributed by atoms with Crippen molar-refractivity contribution in [3.8, 4) is 11.5 Å². The van der Waals surface area contributed by atoms with Crippen molar-refractivity contribution in [1.82, 2.24) is 4.90 Å². The molecule has 4 atom stereocenters. The number of nitrogens with zero attached hydrogens (tertiary/aromatic N) is 2. The van der Waals surface area contributed by atoms with E-state index in [1.54, 1.807) is 24.4 Å². The van der Waals surface area contributed by atoms with Gasteiger partial charge in [-0.15, -0.1) is 0 Å². The van der Waals surface area contributed by atoms with Crippen LogP contribution in [0.2, 0.25) is 0 Å². The minimum atomic E-state index is -0.922. The summed E-state index contributed by atoms with van der Waals surface area (Å²) in [6, 6.07) is 17.1. The van der Waals surface area contributed by atoms with Crippen molar-refractivity contribution in [3.05, 3.63) is 95.2 Å².